The standard InChI is InChI=1S/C11H12NO6/c13-5-8-9(14)10(15)11(18-8)6-1-3-7(4-2-6)12(16)17/h1-4,8-10,13-15H,5H2/t8-,9-,10+/m0/s1. The summed E-state index contributed by atoms with van der Waals surface area (Å²) in [5, 5.41) is 38.7. The Morgan fingerprint density at radius 3 is 2.33 bits per heavy atom. The minimum atomic E-state index is -1.25. The molecule has 7 nitrogen and oxygen atoms in total. The summed E-state index contributed by atoms with van der Waals surface area (Å²) in [5.41, 5.74) is 0.356. The fraction of sp³-hybridized carbons (Fsp3) is 0.364. The van der Waals surface area contributed by atoms with Crippen LogP contribution in [0.5, 0.6) is 0 Å². The Bertz CT molecular complexity index is 434. The first-order valence-corrected chi connectivity index (χ1v) is 5.30. The summed E-state index contributed by atoms with van der Waals surface area (Å²) in [6.45, 7) is -0.422. The van der Waals surface area contributed by atoms with Crippen molar-refractivity contribution >= 4 is 5.69 Å². The van der Waals surface area contributed by atoms with Crippen molar-refractivity contribution < 1.29 is 25.0 Å². The van der Waals surface area contributed by atoms with Crippen molar-refractivity contribution in [3.8, 4) is 0 Å². The number of aliphatic hydroxyl groups excluding tert-OH is 3. The van der Waals surface area contributed by atoms with Crippen molar-refractivity contribution in [2.24, 2.45) is 0 Å². The van der Waals surface area contributed by atoms with Gasteiger partial charge in [0.15, 0.2) is 6.10 Å². The predicted octanol–water partition coefficient (Wildman–Crippen LogP) is -0.412. The molecule has 0 bridgehead atoms. The topological polar surface area (TPSA) is 113 Å². The number of ether oxygens (including phenoxy) is 1. The summed E-state index contributed by atoms with van der Waals surface area (Å²) in [6.07, 6.45) is -3.23. The molecule has 3 N–H and O–H groups in total. The van der Waals surface area contributed by atoms with Gasteiger partial charge in [0.2, 0.25) is 0 Å². The second-order valence-electron chi connectivity index (χ2n) is 3.94. The molecule has 18 heavy (non-hydrogen) atoms. The lowest BCUT2D eigenvalue weighted by atomic mass is 10.0. The van der Waals surface area contributed by atoms with E-state index in [2.05, 4.69) is 0 Å². The van der Waals surface area contributed by atoms with Gasteiger partial charge in [-0.3, -0.25) is 10.1 Å². The van der Waals surface area contributed by atoms with Gasteiger partial charge in [-0.05, 0) is 17.7 Å². The molecule has 1 heterocycles. The Morgan fingerprint density at radius 1 is 1.28 bits per heavy atom. The van der Waals surface area contributed by atoms with Gasteiger partial charge >= 0.3 is 0 Å². The third-order valence-corrected chi connectivity index (χ3v) is 2.79. The Morgan fingerprint density at radius 2 is 1.89 bits per heavy atom. The maximum atomic E-state index is 10.5. The van der Waals surface area contributed by atoms with Crippen LogP contribution in [-0.2, 0) is 4.74 Å². The van der Waals surface area contributed by atoms with E-state index in [1.165, 1.54) is 24.3 Å². The highest BCUT2D eigenvalue weighted by atomic mass is 16.6. The summed E-state index contributed by atoms with van der Waals surface area (Å²) >= 11 is 0. The fourth-order valence-corrected chi connectivity index (χ4v) is 1.79. The number of nitro groups is 1. The normalized spacial score (nSPS) is 28.5. The average Bonchev–Trinajstić information content (AvgIpc) is 2.66. The number of benzene rings is 1. The molecule has 97 valence electrons. The monoisotopic (exact) mass is 254 g/mol. The predicted molar refractivity (Wildman–Crippen MR) is 59.4 cm³/mol. The van der Waals surface area contributed by atoms with Crippen LogP contribution in [0.2, 0.25) is 0 Å². The van der Waals surface area contributed by atoms with E-state index in [9.17, 15) is 20.3 Å². The number of hydrogen-bond donors (Lipinski definition) is 3. The molecule has 0 spiro atoms. The molecule has 1 fully saturated rings. The molecular weight excluding hydrogens is 242 g/mol. The van der Waals surface area contributed by atoms with Crippen LogP contribution in [0.3, 0.4) is 0 Å². The Hall–Kier alpha value is -1.54. The van der Waals surface area contributed by atoms with Crippen LogP contribution < -0.4 is 0 Å². The number of nitrogens with zero attached hydrogens (tertiary/aromatic N) is 1. The number of rotatable bonds is 3. The quantitative estimate of drug-likeness (QED) is 0.499. The third-order valence-electron chi connectivity index (χ3n) is 2.79. The maximum absolute atomic E-state index is 10.5. The molecule has 0 aromatic heterocycles. The number of aliphatic hydroxyl groups is 3. The number of hydrogen-bond acceptors (Lipinski definition) is 6. The largest absolute Gasteiger partial charge is 0.394 e. The van der Waals surface area contributed by atoms with E-state index in [1.54, 1.807) is 0 Å². The van der Waals surface area contributed by atoms with Gasteiger partial charge in [-0.25, -0.2) is 0 Å². The first-order valence-electron chi connectivity index (χ1n) is 5.30. The molecule has 3 atom stereocenters. The minimum Gasteiger partial charge on any atom is -0.394 e. The van der Waals surface area contributed by atoms with Crippen LogP contribution >= 0.6 is 0 Å². The average molecular weight is 254 g/mol. The molecule has 1 saturated heterocycles. The summed E-state index contributed by atoms with van der Waals surface area (Å²) < 4.78 is 5.22. The van der Waals surface area contributed by atoms with Crippen molar-refractivity contribution in [2.75, 3.05) is 6.61 Å². The van der Waals surface area contributed by atoms with Crippen LogP contribution in [0.4, 0.5) is 5.69 Å². The molecule has 1 aromatic carbocycles. The van der Waals surface area contributed by atoms with Crippen molar-refractivity contribution in [1.82, 2.24) is 0 Å². The summed E-state index contributed by atoms with van der Waals surface area (Å²) in [7, 11) is 0. The van der Waals surface area contributed by atoms with Gasteiger partial charge in [-0.15, -0.1) is 0 Å². The van der Waals surface area contributed by atoms with Gasteiger partial charge in [0, 0.05) is 12.1 Å². The fourth-order valence-electron chi connectivity index (χ4n) is 1.79. The molecule has 1 aromatic rings. The van der Waals surface area contributed by atoms with E-state index < -0.39 is 29.8 Å². The minimum absolute atomic E-state index is 0.0777. The molecule has 1 aliphatic heterocycles. The van der Waals surface area contributed by atoms with Crippen molar-refractivity contribution in [1.29, 1.82) is 0 Å². The van der Waals surface area contributed by atoms with E-state index in [4.69, 9.17) is 9.84 Å². The molecule has 0 amide bonds. The third kappa shape index (κ3) is 2.21. The lowest BCUT2D eigenvalue weighted by molar-refractivity contribution is -0.384. The van der Waals surface area contributed by atoms with Crippen molar-refractivity contribution in [2.45, 2.75) is 18.3 Å². The van der Waals surface area contributed by atoms with Crippen LogP contribution in [0.25, 0.3) is 0 Å². The molecule has 2 rings (SSSR count). The zero-order valence-corrected chi connectivity index (χ0v) is 9.26. The summed E-state index contributed by atoms with van der Waals surface area (Å²) in [6, 6.07) is 5.39. The van der Waals surface area contributed by atoms with E-state index in [0.717, 1.165) is 0 Å². The van der Waals surface area contributed by atoms with Crippen LogP contribution in [0, 0.1) is 16.2 Å². The maximum Gasteiger partial charge on any atom is 0.269 e. The van der Waals surface area contributed by atoms with Gasteiger partial charge in [-0.2, -0.15) is 0 Å². The second kappa shape index (κ2) is 4.99. The SMILES string of the molecule is O=[N+]([O-])c1ccc([C]2O[C@@H](CO)[C@H](O)[C@H]2O)cc1. The highest BCUT2D eigenvalue weighted by Crippen LogP contribution is 2.33. The Labute approximate surface area is 102 Å². The molecule has 0 aliphatic carbocycles. The first kappa shape index (κ1) is 12.9. The van der Waals surface area contributed by atoms with Gasteiger partial charge in [-0.1, -0.05) is 0 Å². The van der Waals surface area contributed by atoms with E-state index in [1.807, 2.05) is 0 Å². The highest BCUT2D eigenvalue weighted by molar-refractivity contribution is 5.39. The number of non-ortho nitro benzene ring substituents is 1. The van der Waals surface area contributed by atoms with Crippen molar-refractivity contribution in [3.05, 3.63) is 46.0 Å². The Balaban J connectivity index is 2.19. The number of nitro benzene ring substituents is 1. The molecule has 0 saturated carbocycles. The molecular formula is C11H12NO6. The van der Waals surface area contributed by atoms with Gasteiger partial charge in [0.05, 0.1) is 11.5 Å². The zero-order chi connectivity index (χ0) is 13.3. The van der Waals surface area contributed by atoms with Crippen molar-refractivity contribution in [3.63, 3.8) is 0 Å². The zero-order valence-electron chi connectivity index (χ0n) is 9.26. The lowest BCUT2D eigenvalue weighted by Gasteiger charge is -2.13. The molecule has 1 radical (unpaired) electrons. The van der Waals surface area contributed by atoms with E-state index in [-0.39, 0.29) is 11.8 Å². The van der Waals surface area contributed by atoms with Gasteiger partial charge in [0.25, 0.3) is 5.69 Å². The highest BCUT2D eigenvalue weighted by Gasteiger charge is 2.44. The van der Waals surface area contributed by atoms with Crippen LogP contribution in [0.15, 0.2) is 24.3 Å². The van der Waals surface area contributed by atoms with E-state index in [0.29, 0.717) is 5.56 Å². The summed E-state index contributed by atoms with van der Waals surface area (Å²) in [5.74, 6) is 0. The van der Waals surface area contributed by atoms with E-state index >= 15 is 0 Å². The first-order chi connectivity index (χ1) is 8.54. The summed E-state index contributed by atoms with van der Waals surface area (Å²) in [4.78, 5) is 9.96. The smallest absolute Gasteiger partial charge is 0.269 e. The Kier molecular flexibility index (Phi) is 3.58. The van der Waals surface area contributed by atoms with Crippen LogP contribution in [0.1, 0.15) is 5.56 Å². The lowest BCUT2D eigenvalue weighted by Crippen LogP contribution is -2.32. The second-order valence-corrected chi connectivity index (χ2v) is 3.94. The van der Waals surface area contributed by atoms with Gasteiger partial charge in [0.1, 0.15) is 18.3 Å². The van der Waals surface area contributed by atoms with Gasteiger partial charge < -0.3 is 20.1 Å². The molecule has 7 heteroatoms. The molecule has 1 aliphatic rings. The molecule has 0 unspecified atom stereocenters. The van der Waals surface area contributed by atoms with Crippen LogP contribution in [-0.4, -0.2) is 45.2 Å².